The van der Waals surface area contributed by atoms with E-state index in [0.717, 1.165) is 9.88 Å². The van der Waals surface area contributed by atoms with E-state index >= 15 is 0 Å². The van der Waals surface area contributed by atoms with Gasteiger partial charge < -0.3 is 9.26 Å². The molecule has 0 aliphatic heterocycles. The van der Waals surface area contributed by atoms with Gasteiger partial charge in [-0.1, -0.05) is 5.16 Å². The molecule has 84 valence electrons. The number of hydrogen-bond donors (Lipinski definition) is 0. The zero-order valence-corrected chi connectivity index (χ0v) is 9.92. The average molecular weight is 238 g/mol. The van der Waals surface area contributed by atoms with Crippen molar-refractivity contribution in [3.05, 3.63) is 22.5 Å². The first-order valence-corrected chi connectivity index (χ1v) is 5.42. The Bertz CT molecular complexity index is 530. The van der Waals surface area contributed by atoms with Crippen molar-refractivity contribution < 1.29 is 14.1 Å². The third-order valence-corrected chi connectivity index (χ3v) is 3.03. The second kappa shape index (κ2) is 4.05. The quantitative estimate of drug-likeness (QED) is 0.750. The second-order valence-corrected chi connectivity index (χ2v) is 4.43. The summed E-state index contributed by atoms with van der Waals surface area (Å²) >= 11 is 1.45. The van der Waals surface area contributed by atoms with Crippen LogP contribution in [0.3, 0.4) is 0 Å². The van der Waals surface area contributed by atoms with Crippen LogP contribution in [-0.2, 0) is 4.74 Å². The van der Waals surface area contributed by atoms with Crippen LogP contribution in [0.15, 0.2) is 10.7 Å². The summed E-state index contributed by atoms with van der Waals surface area (Å²) < 4.78 is 9.70. The highest BCUT2D eigenvalue weighted by Gasteiger charge is 2.23. The second-order valence-electron chi connectivity index (χ2n) is 3.20. The van der Waals surface area contributed by atoms with Gasteiger partial charge in [0.15, 0.2) is 0 Å². The van der Waals surface area contributed by atoms with E-state index in [2.05, 4.69) is 14.9 Å². The van der Waals surface area contributed by atoms with E-state index < -0.39 is 5.97 Å². The van der Waals surface area contributed by atoms with Gasteiger partial charge in [-0.15, -0.1) is 11.3 Å². The number of aryl methyl sites for hydroxylation is 2. The molecular weight excluding hydrogens is 228 g/mol. The van der Waals surface area contributed by atoms with Gasteiger partial charge in [0, 0.05) is 6.20 Å². The first kappa shape index (κ1) is 10.8. The molecule has 6 heteroatoms. The minimum atomic E-state index is -0.445. The maximum atomic E-state index is 11.6. The van der Waals surface area contributed by atoms with Crippen molar-refractivity contribution in [2.24, 2.45) is 0 Å². The lowest BCUT2D eigenvalue weighted by Crippen LogP contribution is -2.03. The molecule has 0 aliphatic carbocycles. The molecule has 0 fully saturated rings. The topological polar surface area (TPSA) is 65.2 Å². The molecule has 5 nitrogen and oxygen atoms in total. The van der Waals surface area contributed by atoms with Gasteiger partial charge in [0.1, 0.15) is 17.0 Å². The first-order chi connectivity index (χ1) is 7.63. The molecule has 2 aromatic heterocycles. The normalized spacial score (nSPS) is 10.4. The summed E-state index contributed by atoms with van der Waals surface area (Å²) in [5.41, 5.74) is 0.862. The van der Waals surface area contributed by atoms with Crippen molar-refractivity contribution in [1.29, 1.82) is 0 Å². The van der Waals surface area contributed by atoms with Gasteiger partial charge in [-0.3, -0.25) is 0 Å². The molecule has 0 unspecified atom stereocenters. The Morgan fingerprint density at radius 1 is 1.50 bits per heavy atom. The Kier molecular flexibility index (Phi) is 2.74. The SMILES string of the molecule is COC(=O)c1c(-c2cnc(C)s2)noc1C. The van der Waals surface area contributed by atoms with Crippen molar-refractivity contribution in [2.45, 2.75) is 13.8 Å². The highest BCUT2D eigenvalue weighted by Crippen LogP contribution is 2.29. The first-order valence-electron chi connectivity index (χ1n) is 4.61. The monoisotopic (exact) mass is 238 g/mol. The van der Waals surface area contributed by atoms with Crippen LogP contribution >= 0.6 is 11.3 Å². The van der Waals surface area contributed by atoms with Crippen LogP contribution in [0, 0.1) is 13.8 Å². The Hall–Kier alpha value is -1.69. The minimum Gasteiger partial charge on any atom is -0.465 e. The van der Waals surface area contributed by atoms with Crippen molar-refractivity contribution in [1.82, 2.24) is 10.1 Å². The van der Waals surface area contributed by atoms with E-state index in [4.69, 9.17) is 4.52 Å². The Balaban J connectivity index is 2.53. The van der Waals surface area contributed by atoms with Gasteiger partial charge in [0.05, 0.1) is 17.0 Å². The Morgan fingerprint density at radius 2 is 2.25 bits per heavy atom. The zero-order valence-electron chi connectivity index (χ0n) is 9.10. The van der Waals surface area contributed by atoms with Crippen molar-refractivity contribution >= 4 is 17.3 Å². The molecule has 2 aromatic rings. The molecule has 0 radical (unpaired) electrons. The number of thiazole rings is 1. The number of esters is 1. The van der Waals surface area contributed by atoms with E-state index in [1.165, 1.54) is 18.4 Å². The van der Waals surface area contributed by atoms with Crippen LogP contribution in [-0.4, -0.2) is 23.2 Å². The summed E-state index contributed by atoms with van der Waals surface area (Å²) in [5, 5.41) is 4.77. The molecule has 0 atom stereocenters. The largest absolute Gasteiger partial charge is 0.465 e. The van der Waals surface area contributed by atoms with Crippen molar-refractivity contribution in [2.75, 3.05) is 7.11 Å². The number of hydrogen-bond acceptors (Lipinski definition) is 6. The van der Waals surface area contributed by atoms with Crippen LogP contribution in [0.1, 0.15) is 21.1 Å². The number of rotatable bonds is 2. The average Bonchev–Trinajstić information content (AvgIpc) is 2.83. The highest BCUT2D eigenvalue weighted by atomic mass is 32.1. The van der Waals surface area contributed by atoms with Gasteiger partial charge in [-0.25, -0.2) is 9.78 Å². The van der Waals surface area contributed by atoms with Crippen molar-refractivity contribution in [3.8, 4) is 10.6 Å². The lowest BCUT2D eigenvalue weighted by atomic mass is 10.2. The molecule has 0 bridgehead atoms. The third-order valence-electron chi connectivity index (χ3n) is 2.11. The van der Waals surface area contributed by atoms with Gasteiger partial charge in [0.25, 0.3) is 0 Å². The van der Waals surface area contributed by atoms with E-state index in [0.29, 0.717) is 17.0 Å². The molecule has 16 heavy (non-hydrogen) atoms. The maximum Gasteiger partial charge on any atom is 0.343 e. The van der Waals surface area contributed by atoms with E-state index in [1.54, 1.807) is 13.1 Å². The molecule has 0 aromatic carbocycles. The fourth-order valence-electron chi connectivity index (χ4n) is 1.35. The molecule has 2 rings (SSSR count). The Morgan fingerprint density at radius 3 is 2.81 bits per heavy atom. The third kappa shape index (κ3) is 1.71. The van der Waals surface area contributed by atoms with E-state index in [-0.39, 0.29) is 0 Å². The summed E-state index contributed by atoms with van der Waals surface area (Å²) in [7, 11) is 1.33. The summed E-state index contributed by atoms with van der Waals surface area (Å²) in [5.74, 6) is 0.00714. The standard InChI is InChI=1S/C10H10N2O3S/c1-5-8(10(13)14-3)9(12-15-5)7-4-11-6(2)16-7/h4H,1-3H3. The van der Waals surface area contributed by atoms with Crippen LogP contribution in [0.25, 0.3) is 10.6 Å². The number of methoxy groups -OCH3 is 1. The van der Waals surface area contributed by atoms with Crippen LogP contribution < -0.4 is 0 Å². The van der Waals surface area contributed by atoms with Gasteiger partial charge in [0.2, 0.25) is 0 Å². The molecule has 0 aliphatic rings. The number of carbonyl (C=O) groups is 1. The number of ether oxygens (including phenoxy) is 1. The minimum absolute atomic E-state index is 0.367. The molecule has 0 amide bonds. The highest BCUT2D eigenvalue weighted by molar-refractivity contribution is 7.15. The van der Waals surface area contributed by atoms with Gasteiger partial charge in [-0.2, -0.15) is 0 Å². The molecule has 2 heterocycles. The fourth-order valence-corrected chi connectivity index (χ4v) is 2.12. The van der Waals surface area contributed by atoms with Crippen molar-refractivity contribution in [3.63, 3.8) is 0 Å². The number of aromatic nitrogens is 2. The Labute approximate surface area is 96.0 Å². The van der Waals surface area contributed by atoms with Gasteiger partial charge in [-0.05, 0) is 13.8 Å². The molecular formula is C10H10N2O3S. The summed E-state index contributed by atoms with van der Waals surface area (Å²) in [4.78, 5) is 16.5. The lowest BCUT2D eigenvalue weighted by molar-refractivity contribution is 0.0599. The van der Waals surface area contributed by atoms with Crippen LogP contribution in [0.2, 0.25) is 0 Å². The molecule has 0 saturated carbocycles. The molecule has 0 spiro atoms. The fraction of sp³-hybridized carbons (Fsp3) is 0.300. The van der Waals surface area contributed by atoms with Crippen LogP contribution in [0.4, 0.5) is 0 Å². The summed E-state index contributed by atoms with van der Waals surface area (Å²) in [6.07, 6.45) is 1.67. The predicted molar refractivity (Wildman–Crippen MR) is 58.4 cm³/mol. The zero-order chi connectivity index (χ0) is 11.7. The maximum absolute atomic E-state index is 11.6. The summed E-state index contributed by atoms with van der Waals surface area (Å²) in [6, 6.07) is 0. The van der Waals surface area contributed by atoms with Crippen LogP contribution in [0.5, 0.6) is 0 Å². The van der Waals surface area contributed by atoms with E-state index in [9.17, 15) is 4.79 Å². The number of nitrogens with zero attached hydrogens (tertiary/aromatic N) is 2. The van der Waals surface area contributed by atoms with E-state index in [1.807, 2.05) is 6.92 Å². The smallest absolute Gasteiger partial charge is 0.343 e. The molecule has 0 N–H and O–H groups in total. The number of carbonyl (C=O) groups excluding carboxylic acids is 1. The predicted octanol–water partition coefficient (Wildman–Crippen LogP) is 2.20. The lowest BCUT2D eigenvalue weighted by Gasteiger charge is -1.97. The summed E-state index contributed by atoms with van der Waals surface area (Å²) in [6.45, 7) is 3.57. The molecule has 0 saturated heterocycles. The van der Waals surface area contributed by atoms with Gasteiger partial charge >= 0.3 is 5.97 Å².